The zero-order valence-corrected chi connectivity index (χ0v) is 8.24. The zero-order chi connectivity index (χ0) is 9.12. The van der Waals surface area contributed by atoms with Gasteiger partial charge in [0.15, 0.2) is 0 Å². The van der Waals surface area contributed by atoms with E-state index in [2.05, 4.69) is 0 Å². The predicted molar refractivity (Wildman–Crippen MR) is 46.7 cm³/mol. The number of nitrogens with two attached hydrogens (primary N) is 1. The normalized spacial score (nSPS) is 13.5. The SMILES string of the molecule is CCC(C)(C)CCS(N)(=O)=O. The van der Waals surface area contributed by atoms with Crippen LogP contribution in [0.25, 0.3) is 0 Å². The first-order chi connectivity index (χ1) is 4.77. The summed E-state index contributed by atoms with van der Waals surface area (Å²) in [5.41, 5.74) is 0.0897. The molecule has 0 unspecified atom stereocenters. The largest absolute Gasteiger partial charge is 0.229 e. The fraction of sp³-hybridized carbons (Fsp3) is 1.00. The molecule has 0 heterocycles. The van der Waals surface area contributed by atoms with E-state index in [1.165, 1.54) is 0 Å². The van der Waals surface area contributed by atoms with E-state index in [1.807, 2.05) is 20.8 Å². The molecule has 3 nitrogen and oxygen atoms in total. The van der Waals surface area contributed by atoms with Crippen LogP contribution >= 0.6 is 0 Å². The van der Waals surface area contributed by atoms with Crippen molar-refractivity contribution >= 4 is 10.0 Å². The highest BCUT2D eigenvalue weighted by molar-refractivity contribution is 7.89. The second-order valence-electron chi connectivity index (χ2n) is 3.63. The summed E-state index contributed by atoms with van der Waals surface area (Å²) in [4.78, 5) is 0. The van der Waals surface area contributed by atoms with Crippen LogP contribution in [0.15, 0.2) is 0 Å². The smallest absolute Gasteiger partial charge is 0.209 e. The average Bonchev–Trinajstić information content (AvgIpc) is 1.83. The molecule has 68 valence electrons. The first-order valence-corrected chi connectivity index (χ1v) is 5.49. The highest BCUT2D eigenvalue weighted by Crippen LogP contribution is 2.24. The van der Waals surface area contributed by atoms with Gasteiger partial charge in [0.05, 0.1) is 5.75 Å². The fourth-order valence-electron chi connectivity index (χ4n) is 0.595. The number of sulfonamides is 1. The molecule has 0 aromatic rings. The van der Waals surface area contributed by atoms with Gasteiger partial charge in [0, 0.05) is 0 Å². The zero-order valence-electron chi connectivity index (χ0n) is 7.42. The highest BCUT2D eigenvalue weighted by atomic mass is 32.2. The van der Waals surface area contributed by atoms with Crippen molar-refractivity contribution in [3.8, 4) is 0 Å². The van der Waals surface area contributed by atoms with Crippen LogP contribution in [-0.2, 0) is 10.0 Å². The standard InChI is InChI=1S/C7H17NO2S/c1-4-7(2,3)5-6-11(8,9)10/h4-6H2,1-3H3,(H2,8,9,10). The van der Waals surface area contributed by atoms with Crippen molar-refractivity contribution in [2.45, 2.75) is 33.6 Å². The molecule has 0 amide bonds. The molecule has 0 saturated carbocycles. The molecule has 2 N–H and O–H groups in total. The molecule has 0 saturated heterocycles. The first-order valence-electron chi connectivity index (χ1n) is 3.77. The number of primary sulfonamides is 1. The Kier molecular flexibility index (Phi) is 3.51. The van der Waals surface area contributed by atoms with Crippen LogP contribution in [0, 0.1) is 5.41 Å². The number of hydrogen-bond acceptors (Lipinski definition) is 2. The van der Waals surface area contributed by atoms with Gasteiger partial charge in [-0.25, -0.2) is 13.6 Å². The molecule has 11 heavy (non-hydrogen) atoms. The third kappa shape index (κ3) is 6.31. The molecule has 0 rings (SSSR count). The van der Waals surface area contributed by atoms with Crippen molar-refractivity contribution in [1.82, 2.24) is 0 Å². The van der Waals surface area contributed by atoms with Gasteiger partial charge in [-0.05, 0) is 11.8 Å². The molecule has 0 bridgehead atoms. The van der Waals surface area contributed by atoms with E-state index in [1.54, 1.807) is 0 Å². The molecule has 0 fully saturated rings. The maximum absolute atomic E-state index is 10.6. The molecule has 0 aliphatic rings. The van der Waals surface area contributed by atoms with Gasteiger partial charge in [0.2, 0.25) is 10.0 Å². The van der Waals surface area contributed by atoms with Crippen molar-refractivity contribution in [2.24, 2.45) is 10.6 Å². The van der Waals surface area contributed by atoms with Crippen LogP contribution in [0.2, 0.25) is 0 Å². The lowest BCUT2D eigenvalue weighted by Gasteiger charge is -2.21. The summed E-state index contributed by atoms with van der Waals surface area (Å²) in [6.07, 6.45) is 1.62. The number of rotatable bonds is 4. The average molecular weight is 179 g/mol. The Morgan fingerprint density at radius 1 is 1.36 bits per heavy atom. The molecule has 0 radical (unpaired) electrons. The molecule has 4 heteroatoms. The highest BCUT2D eigenvalue weighted by Gasteiger charge is 2.17. The van der Waals surface area contributed by atoms with E-state index >= 15 is 0 Å². The van der Waals surface area contributed by atoms with Gasteiger partial charge in [-0.3, -0.25) is 0 Å². The first kappa shape index (κ1) is 10.9. The van der Waals surface area contributed by atoms with Crippen LogP contribution < -0.4 is 5.14 Å². The molecule has 0 aliphatic heterocycles. The maximum atomic E-state index is 10.6. The Balaban J connectivity index is 3.90. The molecular weight excluding hydrogens is 162 g/mol. The van der Waals surface area contributed by atoms with E-state index < -0.39 is 10.0 Å². The Labute approximate surface area is 69.0 Å². The van der Waals surface area contributed by atoms with Crippen molar-refractivity contribution < 1.29 is 8.42 Å². The van der Waals surface area contributed by atoms with Crippen molar-refractivity contribution in [2.75, 3.05) is 5.75 Å². The van der Waals surface area contributed by atoms with Crippen molar-refractivity contribution in [1.29, 1.82) is 0 Å². The van der Waals surface area contributed by atoms with Gasteiger partial charge in [-0.2, -0.15) is 0 Å². The van der Waals surface area contributed by atoms with Gasteiger partial charge in [0.1, 0.15) is 0 Å². The van der Waals surface area contributed by atoms with E-state index in [4.69, 9.17) is 5.14 Å². The molecular formula is C7H17NO2S. The van der Waals surface area contributed by atoms with Crippen LogP contribution in [0.5, 0.6) is 0 Å². The molecule has 0 atom stereocenters. The summed E-state index contributed by atoms with van der Waals surface area (Å²) in [6.45, 7) is 6.12. The molecule has 0 aromatic carbocycles. The minimum atomic E-state index is -3.27. The van der Waals surface area contributed by atoms with Crippen LogP contribution in [-0.4, -0.2) is 14.2 Å². The second kappa shape index (κ2) is 3.54. The van der Waals surface area contributed by atoms with Crippen molar-refractivity contribution in [3.05, 3.63) is 0 Å². The van der Waals surface area contributed by atoms with Crippen molar-refractivity contribution in [3.63, 3.8) is 0 Å². The Morgan fingerprint density at radius 2 is 1.82 bits per heavy atom. The minimum Gasteiger partial charge on any atom is -0.229 e. The fourth-order valence-corrected chi connectivity index (χ4v) is 1.43. The maximum Gasteiger partial charge on any atom is 0.209 e. The minimum absolute atomic E-state index is 0.0897. The van der Waals surface area contributed by atoms with Gasteiger partial charge >= 0.3 is 0 Å². The van der Waals surface area contributed by atoms with Crippen LogP contribution in [0.3, 0.4) is 0 Å². The third-order valence-electron chi connectivity index (χ3n) is 2.02. The lowest BCUT2D eigenvalue weighted by molar-refractivity contribution is 0.338. The van der Waals surface area contributed by atoms with Gasteiger partial charge in [-0.15, -0.1) is 0 Å². The van der Waals surface area contributed by atoms with Crippen LogP contribution in [0.1, 0.15) is 33.6 Å². The summed E-state index contributed by atoms with van der Waals surface area (Å²) >= 11 is 0. The van der Waals surface area contributed by atoms with Gasteiger partial charge in [0.25, 0.3) is 0 Å². The van der Waals surface area contributed by atoms with Crippen LogP contribution in [0.4, 0.5) is 0 Å². The Bertz CT molecular complexity index is 206. The lowest BCUT2D eigenvalue weighted by Crippen LogP contribution is -2.22. The monoisotopic (exact) mass is 179 g/mol. The summed E-state index contributed by atoms with van der Waals surface area (Å²) in [6, 6.07) is 0. The lowest BCUT2D eigenvalue weighted by atomic mass is 9.87. The van der Waals surface area contributed by atoms with E-state index in [9.17, 15) is 8.42 Å². The third-order valence-corrected chi connectivity index (χ3v) is 2.79. The quantitative estimate of drug-likeness (QED) is 0.702. The number of hydrogen-bond donors (Lipinski definition) is 1. The summed E-state index contributed by atoms with van der Waals surface area (Å²) in [7, 11) is -3.27. The second-order valence-corrected chi connectivity index (χ2v) is 5.37. The summed E-state index contributed by atoms with van der Waals surface area (Å²) < 4.78 is 21.1. The van der Waals surface area contributed by atoms with Gasteiger partial charge < -0.3 is 0 Å². The topological polar surface area (TPSA) is 60.2 Å². The Morgan fingerprint density at radius 3 is 2.09 bits per heavy atom. The van der Waals surface area contributed by atoms with E-state index in [0.29, 0.717) is 6.42 Å². The summed E-state index contributed by atoms with van der Waals surface area (Å²) in [5.74, 6) is 0.0911. The van der Waals surface area contributed by atoms with E-state index in [-0.39, 0.29) is 11.2 Å². The summed E-state index contributed by atoms with van der Waals surface area (Å²) in [5, 5.41) is 4.87. The molecule has 0 aliphatic carbocycles. The molecule has 0 aromatic heterocycles. The van der Waals surface area contributed by atoms with Gasteiger partial charge in [-0.1, -0.05) is 27.2 Å². The Hall–Kier alpha value is -0.0900. The predicted octanol–water partition coefficient (Wildman–Crippen LogP) is 1.10. The van der Waals surface area contributed by atoms with E-state index in [0.717, 1.165) is 6.42 Å². The molecule has 0 spiro atoms.